The number of carbonyl (C=O) groups is 1. The van der Waals surface area contributed by atoms with Gasteiger partial charge < -0.3 is 15.4 Å². The van der Waals surface area contributed by atoms with E-state index in [2.05, 4.69) is 55.7 Å². The van der Waals surface area contributed by atoms with Crippen molar-refractivity contribution >= 4 is 17.3 Å². The molecule has 0 atom stereocenters. The van der Waals surface area contributed by atoms with Gasteiger partial charge in [-0.2, -0.15) is 0 Å². The summed E-state index contributed by atoms with van der Waals surface area (Å²) in [5.41, 5.74) is 4.64. The van der Waals surface area contributed by atoms with E-state index < -0.39 is 0 Å². The van der Waals surface area contributed by atoms with E-state index >= 15 is 0 Å². The lowest BCUT2D eigenvalue weighted by molar-refractivity contribution is 0.0951. The average Bonchev–Trinajstić information content (AvgIpc) is 2.89. The fourth-order valence-electron chi connectivity index (χ4n) is 4.98. The molecule has 4 nitrogen and oxygen atoms in total. The molecule has 0 saturated heterocycles. The maximum atomic E-state index is 13.1. The van der Waals surface area contributed by atoms with E-state index in [1.807, 2.05) is 48.5 Å². The Morgan fingerprint density at radius 2 is 1.61 bits per heavy atom. The summed E-state index contributed by atoms with van der Waals surface area (Å²) in [5.74, 6) is 1.57. The number of benzene rings is 3. The molecule has 1 aliphatic carbocycles. The van der Waals surface area contributed by atoms with E-state index in [-0.39, 0.29) is 11.3 Å². The van der Waals surface area contributed by atoms with Crippen molar-refractivity contribution in [3.63, 3.8) is 0 Å². The zero-order valence-electron chi connectivity index (χ0n) is 22.0. The molecular weight excluding hydrogens is 444 g/mol. The second-order valence-corrected chi connectivity index (χ2v) is 11.0. The molecule has 2 N–H and O–H groups in total. The second kappa shape index (κ2) is 12.1. The molecule has 0 unspecified atom stereocenters. The highest BCUT2D eigenvalue weighted by Crippen LogP contribution is 2.35. The van der Waals surface area contributed by atoms with Gasteiger partial charge in [-0.15, -0.1) is 0 Å². The molecule has 3 aromatic carbocycles. The Labute approximate surface area is 216 Å². The van der Waals surface area contributed by atoms with Crippen LogP contribution in [0.5, 0.6) is 5.75 Å². The topological polar surface area (TPSA) is 50.4 Å². The van der Waals surface area contributed by atoms with Crippen molar-refractivity contribution in [1.29, 1.82) is 0 Å². The molecule has 190 valence electrons. The number of amides is 1. The van der Waals surface area contributed by atoms with Gasteiger partial charge in [0.05, 0.1) is 11.3 Å². The van der Waals surface area contributed by atoms with E-state index in [0.29, 0.717) is 12.2 Å². The summed E-state index contributed by atoms with van der Waals surface area (Å²) in [6.07, 6.45) is 7.69. The Morgan fingerprint density at radius 1 is 0.889 bits per heavy atom. The molecule has 1 saturated carbocycles. The van der Waals surface area contributed by atoms with Gasteiger partial charge in [-0.3, -0.25) is 4.79 Å². The van der Waals surface area contributed by atoms with E-state index in [1.165, 1.54) is 32.1 Å². The number of hydrogen-bond donors (Lipinski definition) is 2. The number of nitrogens with one attached hydrogen (secondary N) is 2. The van der Waals surface area contributed by atoms with Crippen LogP contribution in [0.15, 0.2) is 72.8 Å². The Hall–Kier alpha value is -3.27. The maximum Gasteiger partial charge on any atom is 0.253 e. The molecule has 0 bridgehead atoms. The van der Waals surface area contributed by atoms with Crippen LogP contribution in [0.25, 0.3) is 0 Å². The molecule has 0 heterocycles. The highest BCUT2D eigenvalue weighted by atomic mass is 16.5. The Kier molecular flexibility index (Phi) is 8.69. The molecular formula is C32H40N2O2. The molecule has 0 aliphatic heterocycles. The number of rotatable bonds is 9. The second-order valence-electron chi connectivity index (χ2n) is 11.0. The van der Waals surface area contributed by atoms with Gasteiger partial charge in [0.2, 0.25) is 0 Å². The third-order valence-corrected chi connectivity index (χ3v) is 7.05. The lowest BCUT2D eigenvalue weighted by atomic mass is 9.85. The number of anilines is 2. The van der Waals surface area contributed by atoms with Crippen LogP contribution >= 0.6 is 0 Å². The van der Waals surface area contributed by atoms with Crippen LogP contribution in [0.2, 0.25) is 0 Å². The number of hydrogen-bond acceptors (Lipinski definition) is 3. The van der Waals surface area contributed by atoms with Crippen molar-refractivity contribution < 1.29 is 9.53 Å². The molecule has 3 aromatic rings. The van der Waals surface area contributed by atoms with Crippen molar-refractivity contribution in [3.05, 3.63) is 89.5 Å². The van der Waals surface area contributed by atoms with Gasteiger partial charge in [-0.05, 0) is 59.2 Å². The van der Waals surface area contributed by atoms with E-state index in [1.54, 1.807) is 0 Å². The largest absolute Gasteiger partial charge is 0.489 e. The summed E-state index contributed by atoms with van der Waals surface area (Å²) in [7, 11) is 0. The quantitative estimate of drug-likeness (QED) is 0.323. The van der Waals surface area contributed by atoms with Crippen LogP contribution in [0.3, 0.4) is 0 Å². The fraction of sp³-hybridized carbons (Fsp3) is 0.406. The first-order chi connectivity index (χ1) is 17.4. The van der Waals surface area contributed by atoms with E-state index in [0.717, 1.165) is 47.1 Å². The minimum atomic E-state index is -0.106. The van der Waals surface area contributed by atoms with Crippen molar-refractivity contribution in [1.82, 2.24) is 5.32 Å². The molecule has 1 aliphatic rings. The Bertz CT molecular complexity index is 1130. The lowest BCUT2D eigenvalue weighted by Gasteiger charge is -2.25. The van der Waals surface area contributed by atoms with Crippen LogP contribution in [-0.4, -0.2) is 12.5 Å². The molecule has 1 fully saturated rings. The predicted molar refractivity (Wildman–Crippen MR) is 149 cm³/mol. The van der Waals surface area contributed by atoms with Crippen LogP contribution in [0, 0.1) is 5.92 Å². The van der Waals surface area contributed by atoms with Crippen molar-refractivity contribution in [2.24, 2.45) is 5.92 Å². The number of ether oxygens (including phenoxy) is 1. The van der Waals surface area contributed by atoms with Gasteiger partial charge >= 0.3 is 0 Å². The third kappa shape index (κ3) is 7.13. The van der Waals surface area contributed by atoms with Gasteiger partial charge in [-0.25, -0.2) is 0 Å². The maximum absolute atomic E-state index is 13.1. The van der Waals surface area contributed by atoms with Crippen LogP contribution in [0.1, 0.15) is 80.8 Å². The fourth-order valence-corrected chi connectivity index (χ4v) is 4.98. The highest BCUT2D eigenvalue weighted by molar-refractivity contribution is 6.00. The summed E-state index contributed by atoms with van der Waals surface area (Å²) in [5, 5.41) is 6.71. The number of carbonyl (C=O) groups excluding carboxylic acids is 1. The molecule has 4 heteroatoms. The Morgan fingerprint density at radius 3 is 2.36 bits per heavy atom. The molecule has 0 radical (unpaired) electrons. The summed E-state index contributed by atoms with van der Waals surface area (Å²) in [6.45, 7) is 7.84. The molecule has 0 spiro atoms. The monoisotopic (exact) mass is 484 g/mol. The Balaban J connectivity index is 1.46. The standard InChI is InChI=1S/C32H40N2O2/c1-32(2,3)28-22-26(36-23-25-14-8-5-9-15-25)18-19-30(28)34-29-17-11-10-16-27(29)31(35)33-21-20-24-12-6-4-7-13-24/h5,8-11,14-19,22,24,34H,4,6-7,12-13,20-21,23H2,1-3H3,(H,33,35). The average molecular weight is 485 g/mol. The lowest BCUT2D eigenvalue weighted by Crippen LogP contribution is -2.27. The van der Waals surface area contributed by atoms with Crippen LogP contribution < -0.4 is 15.4 Å². The molecule has 1 amide bonds. The summed E-state index contributed by atoms with van der Waals surface area (Å²) in [4.78, 5) is 13.1. The third-order valence-electron chi connectivity index (χ3n) is 7.05. The van der Waals surface area contributed by atoms with Crippen molar-refractivity contribution in [2.75, 3.05) is 11.9 Å². The van der Waals surface area contributed by atoms with Gasteiger partial charge in [0.25, 0.3) is 5.91 Å². The zero-order chi connectivity index (χ0) is 25.4. The minimum Gasteiger partial charge on any atom is -0.489 e. The molecule has 36 heavy (non-hydrogen) atoms. The first kappa shape index (κ1) is 25.8. The minimum absolute atomic E-state index is 0.0194. The van der Waals surface area contributed by atoms with E-state index in [4.69, 9.17) is 4.74 Å². The van der Waals surface area contributed by atoms with Crippen LogP contribution in [0.4, 0.5) is 11.4 Å². The van der Waals surface area contributed by atoms with E-state index in [9.17, 15) is 4.79 Å². The van der Waals surface area contributed by atoms with Crippen LogP contribution in [-0.2, 0) is 12.0 Å². The normalized spacial score (nSPS) is 14.3. The number of para-hydroxylation sites is 1. The SMILES string of the molecule is CC(C)(C)c1cc(OCc2ccccc2)ccc1Nc1ccccc1C(=O)NCCC1CCCCC1. The predicted octanol–water partition coefficient (Wildman–Crippen LogP) is 8.01. The highest BCUT2D eigenvalue weighted by Gasteiger charge is 2.21. The zero-order valence-corrected chi connectivity index (χ0v) is 22.0. The first-order valence-electron chi connectivity index (χ1n) is 13.4. The van der Waals surface area contributed by atoms with Crippen molar-refractivity contribution in [3.8, 4) is 5.75 Å². The van der Waals surface area contributed by atoms with Gasteiger partial charge in [-0.1, -0.05) is 95.3 Å². The van der Waals surface area contributed by atoms with Crippen molar-refractivity contribution in [2.45, 2.75) is 71.3 Å². The van der Waals surface area contributed by atoms with Gasteiger partial charge in [0, 0.05) is 12.2 Å². The smallest absolute Gasteiger partial charge is 0.253 e. The molecule has 0 aromatic heterocycles. The summed E-state index contributed by atoms with van der Waals surface area (Å²) in [6, 6.07) is 24.1. The summed E-state index contributed by atoms with van der Waals surface area (Å²) < 4.78 is 6.10. The first-order valence-corrected chi connectivity index (χ1v) is 13.4. The van der Waals surface area contributed by atoms with Gasteiger partial charge in [0.15, 0.2) is 0 Å². The molecule has 4 rings (SSSR count). The summed E-state index contributed by atoms with van der Waals surface area (Å²) >= 11 is 0. The van der Waals surface area contributed by atoms with Gasteiger partial charge in [0.1, 0.15) is 12.4 Å².